The lowest BCUT2D eigenvalue weighted by atomic mass is 10.3. The summed E-state index contributed by atoms with van der Waals surface area (Å²) in [4.78, 5) is 0. The van der Waals surface area contributed by atoms with E-state index in [1.54, 1.807) is 0 Å². The van der Waals surface area contributed by atoms with Crippen LogP contribution in [-0.4, -0.2) is 0 Å². The van der Waals surface area contributed by atoms with E-state index in [0.717, 1.165) is 11.5 Å². The quantitative estimate of drug-likeness (QED) is 0.586. The number of allylic oxidation sites excluding steroid dienone is 2. The molecule has 0 amide bonds. The maximum atomic E-state index is 5.42. The lowest BCUT2D eigenvalue weighted by Gasteiger charge is -2.03. The summed E-state index contributed by atoms with van der Waals surface area (Å²) >= 11 is 0. The third-order valence-electron chi connectivity index (χ3n) is 1.43. The number of benzene rings is 1. The third kappa shape index (κ3) is 2.46. The molecule has 1 rings (SSSR count). The summed E-state index contributed by atoms with van der Waals surface area (Å²) in [6.07, 6.45) is 1.94. The molecule has 0 bridgehead atoms. The smallest absolute Gasteiger partial charge is 0.126 e. The highest BCUT2D eigenvalue weighted by atomic mass is 16.5. The van der Waals surface area contributed by atoms with Crippen molar-refractivity contribution >= 4 is 0 Å². The molecule has 0 aliphatic rings. The van der Waals surface area contributed by atoms with Gasteiger partial charge in [-0.25, -0.2) is 0 Å². The maximum absolute atomic E-state index is 5.42. The summed E-state index contributed by atoms with van der Waals surface area (Å²) in [6, 6.07) is 9.76. The second-order valence-corrected chi connectivity index (χ2v) is 2.31. The largest absolute Gasteiger partial charge is 0.462 e. The topological polar surface area (TPSA) is 9.23 Å². The van der Waals surface area contributed by atoms with Crippen LogP contribution in [0.4, 0.5) is 0 Å². The number of hydrogen-bond donors (Lipinski definition) is 0. The summed E-state index contributed by atoms with van der Waals surface area (Å²) in [5.74, 6) is 1.82. The highest BCUT2D eigenvalue weighted by Gasteiger charge is 1.89. The predicted octanol–water partition coefficient (Wildman–Crippen LogP) is 2.99. The standard InChI is InChI=1S/C10H12O/c1-3-9(2)11-10-7-5-4-6-8-10/h3-8H,1-2H3/b9-3+. The Morgan fingerprint density at radius 2 is 1.91 bits per heavy atom. The highest BCUT2D eigenvalue weighted by Crippen LogP contribution is 2.11. The highest BCUT2D eigenvalue weighted by molar-refractivity contribution is 5.22. The number of ether oxygens (including phenoxy) is 1. The molecule has 0 unspecified atom stereocenters. The summed E-state index contributed by atoms with van der Waals surface area (Å²) in [6.45, 7) is 3.89. The second-order valence-electron chi connectivity index (χ2n) is 2.31. The van der Waals surface area contributed by atoms with Crippen molar-refractivity contribution < 1.29 is 4.74 Å². The fourth-order valence-electron chi connectivity index (χ4n) is 0.733. The molecular formula is C10H12O. The molecule has 1 nitrogen and oxygen atoms in total. The van der Waals surface area contributed by atoms with Crippen molar-refractivity contribution in [3.05, 3.63) is 42.2 Å². The summed E-state index contributed by atoms with van der Waals surface area (Å²) in [5, 5.41) is 0. The van der Waals surface area contributed by atoms with Crippen LogP contribution in [0.15, 0.2) is 42.2 Å². The van der Waals surface area contributed by atoms with Crippen LogP contribution in [0.25, 0.3) is 0 Å². The zero-order valence-corrected chi connectivity index (χ0v) is 6.87. The van der Waals surface area contributed by atoms with Crippen LogP contribution in [0, 0.1) is 0 Å². The van der Waals surface area contributed by atoms with Gasteiger partial charge in [0.15, 0.2) is 0 Å². The molecule has 0 saturated heterocycles. The molecule has 0 aliphatic carbocycles. The molecule has 0 fully saturated rings. The molecule has 0 N–H and O–H groups in total. The summed E-state index contributed by atoms with van der Waals surface area (Å²) in [5.41, 5.74) is 0. The zero-order chi connectivity index (χ0) is 8.10. The van der Waals surface area contributed by atoms with Crippen LogP contribution < -0.4 is 4.74 Å². The summed E-state index contributed by atoms with van der Waals surface area (Å²) in [7, 11) is 0. The molecule has 0 heterocycles. The lowest BCUT2D eigenvalue weighted by Crippen LogP contribution is -1.88. The van der Waals surface area contributed by atoms with E-state index in [1.165, 1.54) is 0 Å². The Hall–Kier alpha value is -1.24. The van der Waals surface area contributed by atoms with Gasteiger partial charge in [0.25, 0.3) is 0 Å². The molecule has 11 heavy (non-hydrogen) atoms. The Morgan fingerprint density at radius 1 is 1.27 bits per heavy atom. The molecule has 0 aromatic heterocycles. The van der Waals surface area contributed by atoms with E-state index in [-0.39, 0.29) is 0 Å². The van der Waals surface area contributed by atoms with Gasteiger partial charge in [0.2, 0.25) is 0 Å². The van der Waals surface area contributed by atoms with Gasteiger partial charge in [0, 0.05) is 0 Å². The molecule has 0 atom stereocenters. The van der Waals surface area contributed by atoms with E-state index in [0.29, 0.717) is 0 Å². The van der Waals surface area contributed by atoms with Gasteiger partial charge in [-0.05, 0) is 32.1 Å². The van der Waals surface area contributed by atoms with Crippen LogP contribution in [0.3, 0.4) is 0 Å². The van der Waals surface area contributed by atoms with Crippen molar-refractivity contribution in [2.75, 3.05) is 0 Å². The van der Waals surface area contributed by atoms with E-state index < -0.39 is 0 Å². The number of rotatable bonds is 2. The van der Waals surface area contributed by atoms with Gasteiger partial charge in [-0.3, -0.25) is 0 Å². The van der Waals surface area contributed by atoms with Crippen LogP contribution in [0.2, 0.25) is 0 Å². The van der Waals surface area contributed by atoms with Crippen molar-refractivity contribution in [3.8, 4) is 5.75 Å². The Morgan fingerprint density at radius 3 is 2.45 bits per heavy atom. The number of hydrogen-bond acceptors (Lipinski definition) is 1. The minimum absolute atomic E-state index is 0.892. The van der Waals surface area contributed by atoms with Gasteiger partial charge in [0.1, 0.15) is 5.75 Å². The molecular weight excluding hydrogens is 136 g/mol. The molecule has 0 radical (unpaired) electrons. The maximum Gasteiger partial charge on any atom is 0.126 e. The normalized spacial score (nSPS) is 11.3. The van der Waals surface area contributed by atoms with Gasteiger partial charge < -0.3 is 4.74 Å². The van der Waals surface area contributed by atoms with Gasteiger partial charge in [-0.15, -0.1) is 0 Å². The summed E-state index contributed by atoms with van der Waals surface area (Å²) < 4.78 is 5.42. The van der Waals surface area contributed by atoms with E-state index >= 15 is 0 Å². The van der Waals surface area contributed by atoms with Crippen LogP contribution in [0.5, 0.6) is 5.75 Å². The SMILES string of the molecule is C/C=C(\C)Oc1ccccc1. The lowest BCUT2D eigenvalue weighted by molar-refractivity contribution is 0.427. The first-order valence-electron chi connectivity index (χ1n) is 3.68. The molecule has 1 aromatic carbocycles. The van der Waals surface area contributed by atoms with Gasteiger partial charge in [-0.2, -0.15) is 0 Å². The number of para-hydroxylation sites is 1. The van der Waals surface area contributed by atoms with Gasteiger partial charge >= 0.3 is 0 Å². The minimum atomic E-state index is 0.892. The van der Waals surface area contributed by atoms with Crippen molar-refractivity contribution in [1.29, 1.82) is 0 Å². The second kappa shape index (κ2) is 3.81. The zero-order valence-electron chi connectivity index (χ0n) is 6.87. The molecule has 58 valence electrons. The molecule has 1 heteroatoms. The van der Waals surface area contributed by atoms with Crippen LogP contribution >= 0.6 is 0 Å². The Kier molecular flexibility index (Phi) is 2.73. The molecule has 0 spiro atoms. The predicted molar refractivity (Wildman–Crippen MR) is 46.5 cm³/mol. The van der Waals surface area contributed by atoms with Crippen LogP contribution in [-0.2, 0) is 0 Å². The van der Waals surface area contributed by atoms with E-state index in [9.17, 15) is 0 Å². The van der Waals surface area contributed by atoms with Gasteiger partial charge in [-0.1, -0.05) is 18.2 Å². The Labute approximate surface area is 67.3 Å². The average Bonchev–Trinajstić information content (AvgIpc) is 2.06. The minimum Gasteiger partial charge on any atom is -0.462 e. The first-order valence-corrected chi connectivity index (χ1v) is 3.68. The van der Waals surface area contributed by atoms with Crippen molar-refractivity contribution in [1.82, 2.24) is 0 Å². The Balaban J connectivity index is 2.65. The average molecular weight is 148 g/mol. The van der Waals surface area contributed by atoms with Crippen molar-refractivity contribution in [2.24, 2.45) is 0 Å². The van der Waals surface area contributed by atoms with E-state index in [1.807, 2.05) is 50.3 Å². The van der Waals surface area contributed by atoms with Gasteiger partial charge in [0.05, 0.1) is 5.76 Å². The van der Waals surface area contributed by atoms with Crippen LogP contribution in [0.1, 0.15) is 13.8 Å². The Bertz CT molecular complexity index is 236. The third-order valence-corrected chi connectivity index (χ3v) is 1.43. The van der Waals surface area contributed by atoms with E-state index in [4.69, 9.17) is 4.74 Å². The molecule has 0 aliphatic heterocycles. The monoisotopic (exact) mass is 148 g/mol. The first-order chi connectivity index (χ1) is 5.33. The fourth-order valence-corrected chi connectivity index (χ4v) is 0.733. The molecule has 0 saturated carbocycles. The first kappa shape index (κ1) is 7.86. The molecule has 1 aromatic rings. The van der Waals surface area contributed by atoms with Crippen molar-refractivity contribution in [2.45, 2.75) is 13.8 Å². The van der Waals surface area contributed by atoms with Crippen molar-refractivity contribution in [3.63, 3.8) is 0 Å². The van der Waals surface area contributed by atoms with E-state index in [2.05, 4.69) is 0 Å². The fraction of sp³-hybridized carbons (Fsp3) is 0.200.